The summed E-state index contributed by atoms with van der Waals surface area (Å²) in [5, 5.41) is 25.0. The SMILES string of the molecule is CC(C)(C)c1cccc(O)c1C(C)(C)C.O=C(O)OC(=O)O. The number of carbonyl (C=O) groups is 2. The second-order valence-corrected chi connectivity index (χ2v) is 6.83. The highest BCUT2D eigenvalue weighted by atomic mass is 16.7. The minimum absolute atomic E-state index is 0.0199. The Hall–Kier alpha value is -2.24. The second kappa shape index (κ2) is 7.15. The fraction of sp³-hybridized carbons (Fsp3) is 0.500. The summed E-state index contributed by atoms with van der Waals surface area (Å²) in [5.41, 5.74) is 2.35. The van der Waals surface area contributed by atoms with E-state index >= 15 is 0 Å². The Bertz CT molecular complexity index is 523. The molecule has 22 heavy (non-hydrogen) atoms. The van der Waals surface area contributed by atoms with Crippen LogP contribution in [-0.4, -0.2) is 27.6 Å². The predicted molar refractivity (Wildman–Crippen MR) is 82.6 cm³/mol. The maximum Gasteiger partial charge on any atom is 0.516 e. The van der Waals surface area contributed by atoms with E-state index in [1.807, 2.05) is 6.07 Å². The van der Waals surface area contributed by atoms with Crippen LogP contribution < -0.4 is 0 Å². The van der Waals surface area contributed by atoms with E-state index < -0.39 is 12.3 Å². The molecule has 0 spiro atoms. The normalized spacial score (nSPS) is 11.2. The number of carboxylic acid groups (broad SMARTS) is 2. The van der Waals surface area contributed by atoms with Crippen LogP contribution in [0.1, 0.15) is 52.7 Å². The van der Waals surface area contributed by atoms with Crippen molar-refractivity contribution in [2.45, 2.75) is 52.4 Å². The summed E-state index contributed by atoms with van der Waals surface area (Å²) in [5.74, 6) is 0.412. The molecule has 0 unspecified atom stereocenters. The topological polar surface area (TPSA) is 104 Å². The molecule has 3 N–H and O–H groups in total. The summed E-state index contributed by atoms with van der Waals surface area (Å²) in [7, 11) is 0. The largest absolute Gasteiger partial charge is 0.516 e. The molecule has 124 valence electrons. The van der Waals surface area contributed by atoms with Crippen LogP contribution in [-0.2, 0) is 15.6 Å². The number of phenolic OH excluding ortho intramolecular Hbond substituents is 1. The molecule has 0 aliphatic carbocycles. The monoisotopic (exact) mass is 312 g/mol. The first-order valence-electron chi connectivity index (χ1n) is 6.73. The molecule has 0 saturated carbocycles. The van der Waals surface area contributed by atoms with Crippen LogP contribution in [0.25, 0.3) is 0 Å². The minimum atomic E-state index is -1.81. The molecule has 0 radical (unpaired) electrons. The van der Waals surface area contributed by atoms with E-state index in [4.69, 9.17) is 10.2 Å². The molecule has 0 atom stereocenters. The smallest absolute Gasteiger partial charge is 0.508 e. The summed E-state index contributed by atoms with van der Waals surface area (Å²) in [6.07, 6.45) is -3.62. The van der Waals surface area contributed by atoms with Gasteiger partial charge in [-0.15, -0.1) is 0 Å². The van der Waals surface area contributed by atoms with E-state index in [9.17, 15) is 14.7 Å². The van der Waals surface area contributed by atoms with Crippen LogP contribution in [0.15, 0.2) is 18.2 Å². The van der Waals surface area contributed by atoms with E-state index in [0.717, 1.165) is 5.56 Å². The third-order valence-corrected chi connectivity index (χ3v) is 2.78. The Morgan fingerprint density at radius 1 is 0.909 bits per heavy atom. The van der Waals surface area contributed by atoms with Gasteiger partial charge in [0.1, 0.15) is 5.75 Å². The Morgan fingerprint density at radius 2 is 1.36 bits per heavy atom. The van der Waals surface area contributed by atoms with Crippen molar-refractivity contribution < 1.29 is 29.6 Å². The molecular formula is C16H24O6. The van der Waals surface area contributed by atoms with Gasteiger partial charge >= 0.3 is 12.3 Å². The number of ether oxygens (including phenoxy) is 1. The Kier molecular flexibility index (Phi) is 6.43. The predicted octanol–water partition coefficient (Wildman–Crippen LogP) is 4.35. The van der Waals surface area contributed by atoms with Crippen LogP contribution in [0.2, 0.25) is 0 Å². The van der Waals surface area contributed by atoms with E-state index in [1.165, 1.54) is 5.56 Å². The molecular weight excluding hydrogens is 288 g/mol. The van der Waals surface area contributed by atoms with E-state index in [-0.39, 0.29) is 10.8 Å². The zero-order valence-corrected chi connectivity index (χ0v) is 13.8. The van der Waals surface area contributed by atoms with Crippen molar-refractivity contribution in [2.24, 2.45) is 0 Å². The van der Waals surface area contributed by atoms with Crippen LogP contribution in [0.4, 0.5) is 9.59 Å². The minimum Gasteiger partial charge on any atom is -0.508 e. The first kappa shape index (κ1) is 19.8. The lowest BCUT2D eigenvalue weighted by atomic mass is 9.75. The van der Waals surface area contributed by atoms with Crippen LogP contribution in [0.5, 0.6) is 5.75 Å². The van der Waals surface area contributed by atoms with Crippen molar-refractivity contribution in [1.82, 2.24) is 0 Å². The molecule has 0 aromatic heterocycles. The number of rotatable bonds is 0. The highest BCUT2D eigenvalue weighted by Crippen LogP contribution is 2.38. The second-order valence-electron chi connectivity index (χ2n) is 6.83. The van der Waals surface area contributed by atoms with Gasteiger partial charge in [0, 0.05) is 5.56 Å². The lowest BCUT2D eigenvalue weighted by molar-refractivity contribution is 0.0802. The molecule has 6 heteroatoms. The average Bonchev–Trinajstić information content (AvgIpc) is 2.24. The molecule has 0 bridgehead atoms. The Labute approximate surface area is 130 Å². The first-order chi connectivity index (χ1) is 9.76. The van der Waals surface area contributed by atoms with Gasteiger partial charge in [0.2, 0.25) is 0 Å². The highest BCUT2D eigenvalue weighted by Gasteiger charge is 2.27. The maximum atomic E-state index is 9.99. The van der Waals surface area contributed by atoms with Gasteiger partial charge in [0.15, 0.2) is 0 Å². The fourth-order valence-corrected chi connectivity index (χ4v) is 2.03. The van der Waals surface area contributed by atoms with Crippen LogP contribution >= 0.6 is 0 Å². The Balaban J connectivity index is 0.000000534. The van der Waals surface area contributed by atoms with Gasteiger partial charge in [-0.2, -0.15) is 0 Å². The number of hydrogen-bond donors (Lipinski definition) is 3. The molecule has 0 aliphatic rings. The van der Waals surface area contributed by atoms with Gasteiger partial charge in [-0.25, -0.2) is 9.59 Å². The zero-order chi connectivity index (χ0) is 17.7. The van der Waals surface area contributed by atoms with Crippen molar-refractivity contribution in [2.75, 3.05) is 0 Å². The zero-order valence-electron chi connectivity index (χ0n) is 13.8. The Morgan fingerprint density at radius 3 is 1.59 bits per heavy atom. The van der Waals surface area contributed by atoms with Crippen molar-refractivity contribution in [3.8, 4) is 5.75 Å². The lowest BCUT2D eigenvalue weighted by Gasteiger charge is -2.30. The van der Waals surface area contributed by atoms with Crippen molar-refractivity contribution in [3.63, 3.8) is 0 Å². The van der Waals surface area contributed by atoms with Gasteiger partial charge < -0.3 is 20.1 Å². The summed E-state index contributed by atoms with van der Waals surface area (Å²) in [6, 6.07) is 5.81. The van der Waals surface area contributed by atoms with Gasteiger partial charge in [0.05, 0.1) is 0 Å². The third kappa shape index (κ3) is 6.47. The first-order valence-corrected chi connectivity index (χ1v) is 6.73. The number of benzene rings is 1. The summed E-state index contributed by atoms with van der Waals surface area (Å²) in [4.78, 5) is 18.4. The molecule has 0 amide bonds. The van der Waals surface area contributed by atoms with Gasteiger partial charge in [0.25, 0.3) is 0 Å². The molecule has 6 nitrogen and oxygen atoms in total. The van der Waals surface area contributed by atoms with E-state index in [2.05, 4.69) is 52.3 Å². The molecule has 0 aliphatic heterocycles. The van der Waals surface area contributed by atoms with Crippen molar-refractivity contribution >= 4 is 12.3 Å². The van der Waals surface area contributed by atoms with Crippen LogP contribution in [0.3, 0.4) is 0 Å². The molecule has 1 rings (SSSR count). The number of hydrogen-bond acceptors (Lipinski definition) is 4. The van der Waals surface area contributed by atoms with E-state index in [1.54, 1.807) is 6.07 Å². The average molecular weight is 312 g/mol. The molecule has 0 fully saturated rings. The fourth-order valence-electron chi connectivity index (χ4n) is 2.03. The maximum absolute atomic E-state index is 9.99. The van der Waals surface area contributed by atoms with Gasteiger partial charge in [-0.1, -0.05) is 53.7 Å². The number of aromatic hydroxyl groups is 1. The van der Waals surface area contributed by atoms with Crippen LogP contribution in [0, 0.1) is 0 Å². The third-order valence-electron chi connectivity index (χ3n) is 2.78. The molecule has 0 heterocycles. The highest BCUT2D eigenvalue weighted by molar-refractivity contribution is 5.74. The summed E-state index contributed by atoms with van der Waals surface area (Å²) in [6.45, 7) is 12.9. The van der Waals surface area contributed by atoms with Gasteiger partial charge in [-0.05, 0) is 22.5 Å². The molecule has 0 saturated heterocycles. The summed E-state index contributed by atoms with van der Waals surface area (Å²) >= 11 is 0. The van der Waals surface area contributed by atoms with Crippen molar-refractivity contribution in [3.05, 3.63) is 29.3 Å². The van der Waals surface area contributed by atoms with E-state index in [0.29, 0.717) is 5.75 Å². The quantitative estimate of drug-likeness (QED) is 0.486. The standard InChI is InChI=1S/C14H22O.C2H2O5/c1-13(2,3)10-8-7-9-11(15)12(10)14(4,5)6;3-1(4)7-2(5)6/h7-9,15H,1-6H3;(H,3,4)(H,5,6). The van der Waals surface area contributed by atoms with Crippen molar-refractivity contribution in [1.29, 1.82) is 0 Å². The molecule has 1 aromatic rings. The lowest BCUT2D eigenvalue weighted by Crippen LogP contribution is -2.21. The number of phenols is 1. The summed E-state index contributed by atoms with van der Waals surface area (Å²) < 4.78 is 3.08. The van der Waals surface area contributed by atoms with Gasteiger partial charge in [-0.3, -0.25) is 0 Å². The molecule has 1 aromatic carbocycles.